The van der Waals surface area contributed by atoms with Crippen molar-refractivity contribution in [2.24, 2.45) is 5.73 Å². The molecule has 0 bridgehead atoms. The second-order valence-electron chi connectivity index (χ2n) is 5.35. The minimum absolute atomic E-state index is 0.00566. The van der Waals surface area contributed by atoms with Crippen molar-refractivity contribution in [3.63, 3.8) is 0 Å². The molecule has 1 aromatic carbocycles. The third-order valence-corrected chi connectivity index (χ3v) is 3.49. The summed E-state index contributed by atoms with van der Waals surface area (Å²) in [5, 5.41) is 15.0. The maximum absolute atomic E-state index is 12.6. The average Bonchev–Trinajstić information content (AvgIpc) is 2.95. The molecule has 0 saturated carbocycles. The van der Waals surface area contributed by atoms with Gasteiger partial charge in [0.25, 0.3) is 5.91 Å². The van der Waals surface area contributed by atoms with Crippen LogP contribution >= 0.6 is 0 Å². The van der Waals surface area contributed by atoms with Crippen molar-refractivity contribution in [2.45, 2.75) is 6.18 Å². The van der Waals surface area contributed by atoms with Gasteiger partial charge >= 0.3 is 6.18 Å². The van der Waals surface area contributed by atoms with E-state index in [1.165, 1.54) is 35.7 Å². The number of benzene rings is 1. The van der Waals surface area contributed by atoms with Crippen LogP contribution in [0.3, 0.4) is 0 Å². The Labute approximate surface area is 145 Å². The Hall–Kier alpha value is -3.18. The smallest absolute Gasteiger partial charge is 0.364 e. The number of nitrogens with zero attached hydrogens (tertiary/aromatic N) is 4. The molecule has 11 heteroatoms. The first kappa shape index (κ1) is 17.6. The number of hydroxylamine groups is 1. The number of hydrogen-bond acceptors (Lipinski definition) is 7. The summed E-state index contributed by atoms with van der Waals surface area (Å²) in [7, 11) is 0. The lowest BCUT2D eigenvalue weighted by Crippen LogP contribution is -2.32. The number of anilines is 2. The standard InChI is InChI=1S/C15H13F3N6O2/c16-15(17,18)9-1-3-11(4-2-9)23-7-10(8-24(23)26)22-13-6-20-12(5-21-13)14(19)25/h1-7,26H,8H2,(H2,19,25)(H,21,22). The fourth-order valence-corrected chi connectivity index (χ4v) is 2.25. The normalized spacial score (nSPS) is 15.1. The molecule has 0 fully saturated rings. The summed E-state index contributed by atoms with van der Waals surface area (Å²) in [6.07, 6.45) is -0.443. The van der Waals surface area contributed by atoms with E-state index in [0.29, 0.717) is 17.2 Å². The van der Waals surface area contributed by atoms with E-state index in [2.05, 4.69) is 15.3 Å². The SMILES string of the molecule is NC(=O)c1cnc(NC2=CN(c3ccc(C(F)(F)F)cc3)N(O)C2)cn1. The molecule has 2 heterocycles. The number of carbonyl (C=O) groups is 1. The van der Waals surface area contributed by atoms with Gasteiger partial charge in [0, 0.05) is 6.20 Å². The summed E-state index contributed by atoms with van der Waals surface area (Å²) in [5.41, 5.74) is 5.15. The number of hydrogen-bond donors (Lipinski definition) is 3. The van der Waals surface area contributed by atoms with Crippen LogP contribution in [-0.2, 0) is 6.18 Å². The third-order valence-electron chi connectivity index (χ3n) is 3.49. The minimum atomic E-state index is -4.43. The summed E-state index contributed by atoms with van der Waals surface area (Å²) in [6.45, 7) is 0.0419. The Morgan fingerprint density at radius 1 is 1.19 bits per heavy atom. The number of rotatable bonds is 4. The van der Waals surface area contributed by atoms with Gasteiger partial charge in [-0.1, -0.05) is 5.17 Å². The first-order valence-electron chi connectivity index (χ1n) is 7.26. The van der Waals surface area contributed by atoms with Crippen LogP contribution in [0.15, 0.2) is 48.6 Å². The average molecular weight is 366 g/mol. The monoisotopic (exact) mass is 366 g/mol. The van der Waals surface area contributed by atoms with Gasteiger partial charge in [0.2, 0.25) is 0 Å². The summed E-state index contributed by atoms with van der Waals surface area (Å²) in [6, 6.07) is 4.34. The quantitative estimate of drug-likeness (QED) is 0.759. The van der Waals surface area contributed by atoms with E-state index < -0.39 is 17.6 Å². The Balaban J connectivity index is 1.74. The molecule has 26 heavy (non-hydrogen) atoms. The maximum atomic E-state index is 12.6. The summed E-state index contributed by atoms with van der Waals surface area (Å²) < 4.78 is 37.9. The van der Waals surface area contributed by atoms with E-state index in [1.807, 2.05) is 0 Å². The zero-order valence-electron chi connectivity index (χ0n) is 13.1. The van der Waals surface area contributed by atoms with Crippen LogP contribution in [0.4, 0.5) is 24.7 Å². The lowest BCUT2D eigenvalue weighted by Gasteiger charge is -2.22. The largest absolute Gasteiger partial charge is 0.416 e. The third kappa shape index (κ3) is 3.73. The van der Waals surface area contributed by atoms with Crippen LogP contribution in [0.2, 0.25) is 0 Å². The van der Waals surface area contributed by atoms with Gasteiger partial charge in [-0.2, -0.15) is 13.2 Å². The number of nitrogens with two attached hydrogens (primary N) is 1. The molecule has 0 atom stereocenters. The number of halogens is 3. The molecule has 0 radical (unpaired) electrons. The molecule has 1 aliphatic heterocycles. The Kier molecular flexibility index (Phi) is 4.49. The topological polar surface area (TPSA) is 108 Å². The van der Waals surface area contributed by atoms with Gasteiger partial charge in [-0.3, -0.25) is 15.0 Å². The number of primary amides is 1. The van der Waals surface area contributed by atoms with Crippen molar-refractivity contribution in [2.75, 3.05) is 16.9 Å². The minimum Gasteiger partial charge on any atom is -0.364 e. The van der Waals surface area contributed by atoms with E-state index >= 15 is 0 Å². The van der Waals surface area contributed by atoms with Crippen LogP contribution in [0, 0.1) is 0 Å². The highest BCUT2D eigenvalue weighted by atomic mass is 19.4. The number of nitrogens with one attached hydrogen (secondary N) is 1. The van der Waals surface area contributed by atoms with Crippen molar-refractivity contribution in [3.05, 3.63) is 59.8 Å². The fourth-order valence-electron chi connectivity index (χ4n) is 2.25. The lowest BCUT2D eigenvalue weighted by molar-refractivity contribution is -0.137. The van der Waals surface area contributed by atoms with Crippen LogP contribution < -0.4 is 16.1 Å². The Morgan fingerprint density at radius 2 is 1.88 bits per heavy atom. The predicted molar refractivity (Wildman–Crippen MR) is 84.7 cm³/mol. The number of aromatic nitrogens is 2. The van der Waals surface area contributed by atoms with Crippen molar-refractivity contribution in [1.82, 2.24) is 15.1 Å². The van der Waals surface area contributed by atoms with Crippen molar-refractivity contribution < 1.29 is 23.2 Å². The molecule has 1 aromatic heterocycles. The van der Waals surface area contributed by atoms with Gasteiger partial charge < -0.3 is 11.1 Å². The van der Waals surface area contributed by atoms with E-state index in [4.69, 9.17) is 5.73 Å². The van der Waals surface area contributed by atoms with Gasteiger partial charge in [0.05, 0.1) is 35.9 Å². The highest BCUT2D eigenvalue weighted by Crippen LogP contribution is 2.31. The number of hydrazine groups is 1. The molecule has 0 unspecified atom stereocenters. The van der Waals surface area contributed by atoms with E-state index in [-0.39, 0.29) is 12.2 Å². The highest BCUT2D eigenvalue weighted by molar-refractivity contribution is 5.90. The summed E-state index contributed by atoms with van der Waals surface area (Å²) >= 11 is 0. The molecule has 0 aliphatic carbocycles. The van der Waals surface area contributed by atoms with Gasteiger partial charge in [-0.05, 0) is 24.3 Å². The van der Waals surface area contributed by atoms with Crippen LogP contribution in [0.25, 0.3) is 0 Å². The molecule has 1 aliphatic rings. The van der Waals surface area contributed by atoms with Crippen molar-refractivity contribution >= 4 is 17.4 Å². The van der Waals surface area contributed by atoms with Gasteiger partial charge in [0.1, 0.15) is 11.5 Å². The number of carbonyl (C=O) groups excluding carboxylic acids is 1. The van der Waals surface area contributed by atoms with E-state index in [1.54, 1.807) is 0 Å². The second-order valence-corrected chi connectivity index (χ2v) is 5.35. The molecule has 0 spiro atoms. The van der Waals surface area contributed by atoms with Crippen molar-refractivity contribution in [1.29, 1.82) is 0 Å². The molecule has 2 aromatic rings. The Bertz CT molecular complexity index is 836. The first-order chi connectivity index (χ1) is 12.2. The maximum Gasteiger partial charge on any atom is 0.416 e. The first-order valence-corrected chi connectivity index (χ1v) is 7.26. The zero-order chi connectivity index (χ0) is 18.9. The summed E-state index contributed by atoms with van der Waals surface area (Å²) in [4.78, 5) is 18.7. The molecule has 0 saturated heterocycles. The van der Waals surface area contributed by atoms with Crippen LogP contribution in [0.1, 0.15) is 16.1 Å². The van der Waals surface area contributed by atoms with E-state index in [0.717, 1.165) is 17.3 Å². The zero-order valence-corrected chi connectivity index (χ0v) is 13.1. The molecule has 4 N–H and O–H groups in total. The predicted octanol–water partition coefficient (Wildman–Crippen LogP) is 1.97. The molecular weight excluding hydrogens is 353 g/mol. The fraction of sp³-hybridized carbons (Fsp3) is 0.133. The molecule has 1 amide bonds. The molecule has 8 nitrogen and oxygen atoms in total. The van der Waals surface area contributed by atoms with Gasteiger partial charge in [-0.15, -0.1) is 0 Å². The van der Waals surface area contributed by atoms with E-state index in [9.17, 15) is 23.2 Å². The lowest BCUT2D eigenvalue weighted by atomic mass is 10.2. The highest BCUT2D eigenvalue weighted by Gasteiger charge is 2.30. The molecule has 3 rings (SSSR count). The van der Waals surface area contributed by atoms with Crippen molar-refractivity contribution in [3.8, 4) is 0 Å². The summed E-state index contributed by atoms with van der Waals surface area (Å²) in [5.74, 6) is -0.400. The van der Waals surface area contributed by atoms with Gasteiger partial charge in [0.15, 0.2) is 0 Å². The number of amides is 1. The van der Waals surface area contributed by atoms with Crippen LogP contribution in [-0.4, -0.2) is 32.8 Å². The molecule has 136 valence electrons. The van der Waals surface area contributed by atoms with Gasteiger partial charge in [-0.25, -0.2) is 9.97 Å². The number of alkyl halides is 3. The molecular formula is C15H13F3N6O2. The Morgan fingerprint density at radius 3 is 2.42 bits per heavy atom. The second kappa shape index (κ2) is 6.61. The van der Waals surface area contributed by atoms with Crippen LogP contribution in [0.5, 0.6) is 0 Å².